The molecule has 5 aromatic rings. The van der Waals surface area contributed by atoms with Crippen LogP contribution in [0, 0.1) is 13.8 Å². The van der Waals surface area contributed by atoms with Crippen molar-refractivity contribution >= 4 is 53.1 Å². The molecule has 0 radical (unpaired) electrons. The summed E-state index contributed by atoms with van der Waals surface area (Å²) in [7, 11) is 0. The first-order valence-corrected chi connectivity index (χ1v) is 8.77. The van der Waals surface area contributed by atoms with Crippen LogP contribution >= 0.6 is 11.3 Å². The minimum Gasteiger partial charge on any atom is -0.134 e. The topological polar surface area (TPSA) is 0 Å². The van der Waals surface area contributed by atoms with Gasteiger partial charge in [0.25, 0.3) is 0 Å². The molecular formula is C22H16S. The van der Waals surface area contributed by atoms with Gasteiger partial charge in [0, 0.05) is 20.2 Å². The molecule has 0 nitrogen and oxygen atoms in total. The molecule has 0 unspecified atom stereocenters. The highest BCUT2D eigenvalue weighted by molar-refractivity contribution is 7.27. The van der Waals surface area contributed by atoms with E-state index in [9.17, 15) is 0 Å². The average Bonchev–Trinajstić information content (AvgIpc) is 2.94. The van der Waals surface area contributed by atoms with Gasteiger partial charge in [-0.3, -0.25) is 0 Å². The van der Waals surface area contributed by atoms with Crippen LogP contribution in [0.4, 0.5) is 0 Å². The Morgan fingerprint density at radius 1 is 0.522 bits per heavy atom. The number of fused-ring (bicyclic) bond motifs is 7. The van der Waals surface area contributed by atoms with Crippen LogP contribution in [-0.4, -0.2) is 0 Å². The summed E-state index contributed by atoms with van der Waals surface area (Å²) in [5, 5.41) is 8.18. The summed E-state index contributed by atoms with van der Waals surface area (Å²) in [6, 6.07) is 22.6. The highest BCUT2D eigenvalue weighted by Gasteiger charge is 2.11. The minimum atomic E-state index is 1.32. The van der Waals surface area contributed by atoms with Crippen LogP contribution in [0.5, 0.6) is 0 Å². The van der Waals surface area contributed by atoms with E-state index in [1.165, 1.54) is 52.8 Å². The van der Waals surface area contributed by atoms with Crippen molar-refractivity contribution in [3.8, 4) is 0 Å². The van der Waals surface area contributed by atoms with Gasteiger partial charge in [0.15, 0.2) is 0 Å². The van der Waals surface area contributed by atoms with Gasteiger partial charge >= 0.3 is 0 Å². The third-order valence-electron chi connectivity index (χ3n) is 4.75. The molecule has 0 amide bonds. The van der Waals surface area contributed by atoms with Crippen LogP contribution in [0.2, 0.25) is 0 Å². The molecule has 1 aromatic heterocycles. The summed E-state index contributed by atoms with van der Waals surface area (Å²) >= 11 is 1.94. The maximum atomic E-state index is 2.32. The zero-order valence-corrected chi connectivity index (χ0v) is 14.0. The largest absolute Gasteiger partial charge is 0.134 e. The lowest BCUT2D eigenvalue weighted by Gasteiger charge is -2.01. The minimum absolute atomic E-state index is 1.32. The second-order valence-corrected chi connectivity index (χ2v) is 7.46. The van der Waals surface area contributed by atoms with Gasteiger partial charge in [0.2, 0.25) is 0 Å². The molecule has 0 aliphatic carbocycles. The van der Waals surface area contributed by atoms with Crippen LogP contribution in [0.15, 0.2) is 60.7 Å². The van der Waals surface area contributed by atoms with Crippen LogP contribution < -0.4 is 0 Å². The molecule has 0 saturated carbocycles. The molecule has 0 aliphatic heterocycles. The number of hydrogen-bond acceptors (Lipinski definition) is 1. The Kier molecular flexibility index (Phi) is 2.60. The molecule has 1 heteroatoms. The van der Waals surface area contributed by atoms with E-state index in [4.69, 9.17) is 0 Å². The van der Waals surface area contributed by atoms with Crippen molar-refractivity contribution in [3.63, 3.8) is 0 Å². The summed E-state index contributed by atoms with van der Waals surface area (Å²) in [6.07, 6.45) is 0. The molecule has 0 spiro atoms. The van der Waals surface area contributed by atoms with Crippen molar-refractivity contribution in [2.75, 3.05) is 0 Å². The van der Waals surface area contributed by atoms with Crippen LogP contribution in [0.25, 0.3) is 41.7 Å². The van der Waals surface area contributed by atoms with Crippen molar-refractivity contribution < 1.29 is 0 Å². The zero-order valence-electron chi connectivity index (χ0n) is 13.2. The SMILES string of the molecule is Cc1ccc2ccc3c4ccc5ccc(C)cc5c4sc3c2c1. The Bertz CT molecular complexity index is 1130. The molecule has 0 saturated heterocycles. The van der Waals surface area contributed by atoms with Crippen molar-refractivity contribution in [2.24, 2.45) is 0 Å². The normalized spacial score (nSPS) is 11.9. The third-order valence-corrected chi connectivity index (χ3v) is 6.04. The number of aryl methyl sites for hydroxylation is 2. The fourth-order valence-corrected chi connectivity index (χ4v) is 4.91. The van der Waals surface area contributed by atoms with Gasteiger partial charge in [0.05, 0.1) is 0 Å². The summed E-state index contributed by atoms with van der Waals surface area (Å²) in [6.45, 7) is 4.34. The standard InChI is InChI=1S/C22H16S/c1-13-3-5-15-7-9-17-18-10-8-16-6-4-14(2)12-20(16)22(18)23-21(17)19(15)11-13/h3-12H,1-2H3. The van der Waals surface area contributed by atoms with Gasteiger partial charge in [-0.2, -0.15) is 0 Å². The van der Waals surface area contributed by atoms with Crippen LogP contribution in [-0.2, 0) is 0 Å². The van der Waals surface area contributed by atoms with Crippen molar-refractivity contribution in [2.45, 2.75) is 13.8 Å². The van der Waals surface area contributed by atoms with Crippen molar-refractivity contribution in [1.82, 2.24) is 0 Å². The van der Waals surface area contributed by atoms with Crippen LogP contribution in [0.3, 0.4) is 0 Å². The predicted molar refractivity (Wildman–Crippen MR) is 104 cm³/mol. The molecule has 0 atom stereocenters. The first kappa shape index (κ1) is 13.1. The summed E-state index contributed by atoms with van der Waals surface area (Å²) in [4.78, 5) is 0. The van der Waals surface area contributed by atoms with E-state index in [1.54, 1.807) is 0 Å². The number of thiophene rings is 1. The molecule has 5 rings (SSSR count). The van der Waals surface area contributed by atoms with Gasteiger partial charge in [-0.25, -0.2) is 0 Å². The maximum absolute atomic E-state index is 2.32. The lowest BCUT2D eigenvalue weighted by atomic mass is 10.0. The zero-order chi connectivity index (χ0) is 15.6. The van der Waals surface area contributed by atoms with Gasteiger partial charge in [0.1, 0.15) is 0 Å². The Hall–Kier alpha value is -2.38. The first-order chi connectivity index (χ1) is 11.2. The van der Waals surface area contributed by atoms with Gasteiger partial charge < -0.3 is 0 Å². The fourth-order valence-electron chi connectivity index (χ4n) is 3.56. The van der Waals surface area contributed by atoms with Crippen molar-refractivity contribution in [3.05, 3.63) is 71.8 Å². The van der Waals surface area contributed by atoms with E-state index in [0.717, 1.165) is 0 Å². The second kappa shape index (κ2) is 4.56. The highest BCUT2D eigenvalue weighted by atomic mass is 32.1. The Labute approximate surface area is 139 Å². The third kappa shape index (κ3) is 1.83. The van der Waals surface area contributed by atoms with Crippen molar-refractivity contribution in [1.29, 1.82) is 0 Å². The Morgan fingerprint density at radius 2 is 0.957 bits per heavy atom. The molecule has 23 heavy (non-hydrogen) atoms. The number of benzene rings is 4. The van der Waals surface area contributed by atoms with Gasteiger partial charge in [-0.1, -0.05) is 59.7 Å². The van der Waals surface area contributed by atoms with Crippen LogP contribution in [0.1, 0.15) is 11.1 Å². The lowest BCUT2D eigenvalue weighted by Crippen LogP contribution is -1.76. The van der Waals surface area contributed by atoms with E-state index in [2.05, 4.69) is 74.5 Å². The molecule has 0 N–H and O–H groups in total. The molecule has 0 bridgehead atoms. The summed E-state index contributed by atoms with van der Waals surface area (Å²) in [5.74, 6) is 0. The lowest BCUT2D eigenvalue weighted by molar-refractivity contribution is 1.51. The molecule has 4 aromatic carbocycles. The number of hydrogen-bond donors (Lipinski definition) is 0. The highest BCUT2D eigenvalue weighted by Crippen LogP contribution is 2.41. The van der Waals surface area contributed by atoms with Gasteiger partial charge in [-0.15, -0.1) is 11.3 Å². The quantitative estimate of drug-likeness (QED) is 0.289. The predicted octanol–water partition coefficient (Wildman–Crippen LogP) is 6.98. The van der Waals surface area contributed by atoms with E-state index in [0.29, 0.717) is 0 Å². The summed E-state index contributed by atoms with van der Waals surface area (Å²) < 4.78 is 2.82. The Balaban J connectivity index is 2.05. The maximum Gasteiger partial charge on any atom is 0.0434 e. The Morgan fingerprint density at radius 3 is 1.43 bits per heavy atom. The first-order valence-electron chi connectivity index (χ1n) is 7.96. The van der Waals surface area contributed by atoms with Gasteiger partial charge in [-0.05, 0) is 47.5 Å². The summed E-state index contributed by atoms with van der Waals surface area (Å²) in [5.41, 5.74) is 2.64. The molecule has 0 aliphatic rings. The molecular weight excluding hydrogens is 296 g/mol. The van der Waals surface area contributed by atoms with E-state index < -0.39 is 0 Å². The number of rotatable bonds is 0. The monoisotopic (exact) mass is 312 g/mol. The smallest absolute Gasteiger partial charge is 0.0434 e. The molecule has 1 heterocycles. The molecule has 110 valence electrons. The fraction of sp³-hybridized carbons (Fsp3) is 0.0909. The van der Waals surface area contributed by atoms with E-state index in [-0.39, 0.29) is 0 Å². The average molecular weight is 312 g/mol. The second-order valence-electron chi connectivity index (χ2n) is 6.44. The molecule has 0 fully saturated rings. The van der Waals surface area contributed by atoms with E-state index in [1.807, 2.05) is 11.3 Å². The van der Waals surface area contributed by atoms with E-state index >= 15 is 0 Å².